The highest BCUT2D eigenvalue weighted by Crippen LogP contribution is 2.30. The fraction of sp³-hybridized carbons (Fsp3) is 0.500. The van der Waals surface area contributed by atoms with E-state index in [1.165, 1.54) is 11.1 Å². The minimum absolute atomic E-state index is 0.182. The van der Waals surface area contributed by atoms with Gasteiger partial charge in [0.05, 0.1) is 7.11 Å². The molecule has 0 fully saturated rings. The molecule has 0 bridgehead atoms. The van der Waals surface area contributed by atoms with Gasteiger partial charge in [-0.25, -0.2) is 0 Å². The third-order valence-electron chi connectivity index (χ3n) is 2.83. The topological polar surface area (TPSA) is 21.3 Å². The summed E-state index contributed by atoms with van der Waals surface area (Å²) in [6, 6.07) is 6.26. The summed E-state index contributed by atoms with van der Waals surface area (Å²) >= 11 is 0. The van der Waals surface area contributed by atoms with Crippen LogP contribution in [0.4, 0.5) is 0 Å². The van der Waals surface area contributed by atoms with Crippen LogP contribution in [0.3, 0.4) is 0 Å². The molecule has 2 nitrogen and oxygen atoms in total. The van der Waals surface area contributed by atoms with Crippen molar-refractivity contribution in [3.05, 3.63) is 29.3 Å². The molecule has 2 rings (SSSR count). The molecule has 0 aromatic heterocycles. The third kappa shape index (κ3) is 1.62. The van der Waals surface area contributed by atoms with Gasteiger partial charge in [-0.2, -0.15) is 0 Å². The Morgan fingerprint density at radius 3 is 2.86 bits per heavy atom. The Labute approximate surface area is 85.3 Å². The van der Waals surface area contributed by atoms with Crippen LogP contribution in [0.1, 0.15) is 25.0 Å². The molecule has 0 saturated carbocycles. The maximum atomic E-state index is 5.38. The van der Waals surface area contributed by atoms with Crippen LogP contribution in [0.5, 0.6) is 5.75 Å². The number of hydrogen-bond acceptors (Lipinski definition) is 2. The van der Waals surface area contributed by atoms with Gasteiger partial charge in [-0.1, -0.05) is 12.1 Å². The minimum Gasteiger partial charge on any atom is -0.496 e. The van der Waals surface area contributed by atoms with Crippen molar-refractivity contribution < 1.29 is 4.74 Å². The van der Waals surface area contributed by atoms with Crippen molar-refractivity contribution >= 4 is 0 Å². The minimum atomic E-state index is 0.182. The van der Waals surface area contributed by atoms with Gasteiger partial charge in [-0.15, -0.1) is 0 Å². The highest BCUT2D eigenvalue weighted by Gasteiger charge is 2.26. The second kappa shape index (κ2) is 3.28. The Kier molecular flexibility index (Phi) is 2.23. The van der Waals surface area contributed by atoms with E-state index in [0.29, 0.717) is 0 Å². The number of fused-ring (bicyclic) bond motifs is 1. The Morgan fingerprint density at radius 2 is 2.14 bits per heavy atom. The fourth-order valence-electron chi connectivity index (χ4n) is 2.01. The first kappa shape index (κ1) is 9.53. The van der Waals surface area contributed by atoms with Crippen LogP contribution in [-0.4, -0.2) is 12.6 Å². The van der Waals surface area contributed by atoms with Crippen molar-refractivity contribution in [1.82, 2.24) is 5.32 Å². The average Bonchev–Trinajstić information content (AvgIpc) is 2.15. The van der Waals surface area contributed by atoms with Crippen molar-refractivity contribution in [2.24, 2.45) is 0 Å². The first-order valence-corrected chi connectivity index (χ1v) is 5.02. The fourth-order valence-corrected chi connectivity index (χ4v) is 2.01. The van der Waals surface area contributed by atoms with E-state index < -0.39 is 0 Å². The first-order valence-electron chi connectivity index (χ1n) is 5.02. The van der Waals surface area contributed by atoms with Crippen LogP contribution < -0.4 is 10.1 Å². The van der Waals surface area contributed by atoms with E-state index in [0.717, 1.165) is 18.7 Å². The summed E-state index contributed by atoms with van der Waals surface area (Å²) < 4.78 is 5.38. The Hall–Kier alpha value is -1.02. The van der Waals surface area contributed by atoms with E-state index in [2.05, 4.69) is 31.3 Å². The lowest BCUT2D eigenvalue weighted by Crippen LogP contribution is -2.44. The lowest BCUT2D eigenvalue weighted by atomic mass is 9.87. The lowest BCUT2D eigenvalue weighted by molar-refractivity contribution is 0.345. The molecule has 1 N–H and O–H groups in total. The molecule has 0 radical (unpaired) electrons. The number of nitrogens with one attached hydrogen (secondary N) is 1. The molecule has 0 aliphatic carbocycles. The monoisotopic (exact) mass is 191 g/mol. The molecule has 2 heteroatoms. The number of hydrogen-bond donors (Lipinski definition) is 1. The summed E-state index contributed by atoms with van der Waals surface area (Å²) in [5.74, 6) is 1.03. The molecule has 1 aliphatic heterocycles. The molecule has 0 saturated heterocycles. The predicted octanol–water partition coefficient (Wildman–Crippen LogP) is 2.12. The maximum absolute atomic E-state index is 5.38. The Morgan fingerprint density at radius 1 is 1.36 bits per heavy atom. The van der Waals surface area contributed by atoms with Gasteiger partial charge in [0, 0.05) is 17.6 Å². The number of methoxy groups -OCH3 is 1. The van der Waals surface area contributed by atoms with Gasteiger partial charge < -0.3 is 10.1 Å². The second-order valence-electron chi connectivity index (χ2n) is 4.51. The molecule has 0 amide bonds. The van der Waals surface area contributed by atoms with Crippen molar-refractivity contribution in [2.45, 2.75) is 32.4 Å². The molecule has 76 valence electrons. The normalized spacial score (nSPS) is 18.8. The summed E-state index contributed by atoms with van der Waals surface area (Å²) in [5.41, 5.74) is 2.91. The van der Waals surface area contributed by atoms with Gasteiger partial charge in [0.15, 0.2) is 0 Å². The van der Waals surface area contributed by atoms with Crippen LogP contribution >= 0.6 is 0 Å². The molecular weight excluding hydrogens is 174 g/mol. The lowest BCUT2D eigenvalue weighted by Gasteiger charge is -2.33. The van der Waals surface area contributed by atoms with Crippen LogP contribution in [0.2, 0.25) is 0 Å². The van der Waals surface area contributed by atoms with Gasteiger partial charge in [-0.3, -0.25) is 0 Å². The second-order valence-corrected chi connectivity index (χ2v) is 4.51. The van der Waals surface area contributed by atoms with Crippen LogP contribution in [-0.2, 0) is 13.0 Å². The van der Waals surface area contributed by atoms with Gasteiger partial charge in [0.1, 0.15) is 5.75 Å². The van der Waals surface area contributed by atoms with E-state index in [1.54, 1.807) is 7.11 Å². The van der Waals surface area contributed by atoms with E-state index in [1.807, 2.05) is 6.07 Å². The summed E-state index contributed by atoms with van der Waals surface area (Å²) in [6.07, 6.45) is 1.03. The van der Waals surface area contributed by atoms with Crippen LogP contribution in [0.15, 0.2) is 18.2 Å². The molecule has 1 aliphatic rings. The molecule has 1 heterocycles. The van der Waals surface area contributed by atoms with Crippen LogP contribution in [0, 0.1) is 0 Å². The first-order chi connectivity index (χ1) is 6.62. The standard InChI is InChI=1S/C12H17NO/c1-12(2)7-10-9(8-13-12)5-4-6-11(10)14-3/h4-6,13H,7-8H2,1-3H3. The van der Waals surface area contributed by atoms with Gasteiger partial charge >= 0.3 is 0 Å². The van der Waals surface area contributed by atoms with E-state index in [9.17, 15) is 0 Å². The predicted molar refractivity (Wildman–Crippen MR) is 57.6 cm³/mol. The largest absolute Gasteiger partial charge is 0.496 e. The van der Waals surface area contributed by atoms with E-state index >= 15 is 0 Å². The summed E-state index contributed by atoms with van der Waals surface area (Å²) in [4.78, 5) is 0. The average molecular weight is 191 g/mol. The van der Waals surface area contributed by atoms with Gasteiger partial charge in [-0.05, 0) is 31.9 Å². The molecule has 1 aromatic carbocycles. The number of rotatable bonds is 1. The number of benzene rings is 1. The molecule has 0 spiro atoms. The van der Waals surface area contributed by atoms with Crippen LogP contribution in [0.25, 0.3) is 0 Å². The van der Waals surface area contributed by atoms with Gasteiger partial charge in [0.25, 0.3) is 0 Å². The Bertz CT molecular complexity index is 330. The van der Waals surface area contributed by atoms with Crippen molar-refractivity contribution in [1.29, 1.82) is 0 Å². The maximum Gasteiger partial charge on any atom is 0.122 e. The number of ether oxygens (including phenoxy) is 1. The quantitative estimate of drug-likeness (QED) is 0.734. The molecule has 0 unspecified atom stereocenters. The molecule has 0 atom stereocenters. The van der Waals surface area contributed by atoms with Gasteiger partial charge in [0.2, 0.25) is 0 Å². The molecular formula is C12H17NO. The third-order valence-corrected chi connectivity index (χ3v) is 2.83. The Balaban J connectivity index is 2.43. The zero-order valence-electron chi connectivity index (χ0n) is 9.05. The van der Waals surface area contributed by atoms with Crippen molar-refractivity contribution in [3.8, 4) is 5.75 Å². The molecule has 1 aromatic rings. The SMILES string of the molecule is COc1cccc2c1CC(C)(C)NC2. The summed E-state index contributed by atoms with van der Waals surface area (Å²) in [5, 5.41) is 3.51. The highest BCUT2D eigenvalue weighted by atomic mass is 16.5. The van der Waals surface area contributed by atoms with E-state index in [4.69, 9.17) is 4.74 Å². The zero-order valence-corrected chi connectivity index (χ0v) is 9.05. The summed E-state index contributed by atoms with van der Waals surface area (Å²) in [7, 11) is 1.74. The van der Waals surface area contributed by atoms with Crippen molar-refractivity contribution in [2.75, 3.05) is 7.11 Å². The summed E-state index contributed by atoms with van der Waals surface area (Å²) in [6.45, 7) is 5.39. The smallest absolute Gasteiger partial charge is 0.122 e. The zero-order chi connectivity index (χ0) is 10.2. The van der Waals surface area contributed by atoms with Crippen molar-refractivity contribution in [3.63, 3.8) is 0 Å². The highest BCUT2D eigenvalue weighted by molar-refractivity contribution is 5.42. The van der Waals surface area contributed by atoms with E-state index in [-0.39, 0.29) is 5.54 Å². The molecule has 14 heavy (non-hydrogen) atoms.